The van der Waals surface area contributed by atoms with Crippen molar-refractivity contribution in [1.82, 2.24) is 0 Å². The maximum absolute atomic E-state index is 12.4. The van der Waals surface area contributed by atoms with Gasteiger partial charge >= 0.3 is 11.9 Å². The summed E-state index contributed by atoms with van der Waals surface area (Å²) in [5, 5.41) is 8.51. The van der Waals surface area contributed by atoms with Crippen LogP contribution in [0.2, 0.25) is 0 Å². The minimum atomic E-state index is -1.00. The molecule has 2 aliphatic heterocycles. The lowest BCUT2D eigenvalue weighted by Crippen LogP contribution is -2.55. The van der Waals surface area contributed by atoms with Gasteiger partial charge in [0.25, 0.3) is 0 Å². The number of methoxy groups -OCH3 is 1. The van der Waals surface area contributed by atoms with Crippen LogP contribution in [0, 0.1) is 5.92 Å². The van der Waals surface area contributed by atoms with Crippen LogP contribution in [0.4, 0.5) is 0 Å². The van der Waals surface area contributed by atoms with E-state index in [1.807, 2.05) is 0 Å². The first-order chi connectivity index (χ1) is 15.7. The third-order valence-electron chi connectivity index (χ3n) is 6.53. The van der Waals surface area contributed by atoms with Gasteiger partial charge in [0.1, 0.15) is 23.4 Å². The van der Waals surface area contributed by atoms with Crippen LogP contribution in [-0.4, -0.2) is 60.3 Å². The molecule has 7 nitrogen and oxygen atoms in total. The van der Waals surface area contributed by atoms with Crippen LogP contribution in [0.1, 0.15) is 40.0 Å². The molecule has 3 rings (SSSR count). The van der Waals surface area contributed by atoms with E-state index in [0.717, 1.165) is 18.9 Å². The van der Waals surface area contributed by atoms with Crippen molar-refractivity contribution >= 4 is 11.9 Å². The highest BCUT2D eigenvalue weighted by Crippen LogP contribution is 2.59. The molecular weight excluding hydrogens is 424 g/mol. The maximum atomic E-state index is 12.4. The highest BCUT2D eigenvalue weighted by Gasteiger charge is 2.72. The molecule has 7 heteroatoms. The molecular formula is C26H34O7. The Bertz CT molecular complexity index is 873. The topological polar surface area (TPSA) is 97.9 Å². The van der Waals surface area contributed by atoms with Crippen molar-refractivity contribution in [2.45, 2.75) is 69.5 Å². The number of hydrogen-bond acceptors (Lipinski definition) is 6. The molecule has 0 amide bonds. The summed E-state index contributed by atoms with van der Waals surface area (Å²) in [5.41, 5.74) is 0.642. The summed E-state index contributed by atoms with van der Waals surface area (Å²) in [6, 6.07) is 0. The number of allylic oxidation sites excluding steroid dienone is 7. The second-order valence-electron chi connectivity index (χ2n) is 9.18. The Morgan fingerprint density at radius 2 is 1.73 bits per heavy atom. The Morgan fingerprint density at radius 1 is 1.09 bits per heavy atom. The maximum Gasteiger partial charge on any atom is 0.331 e. The van der Waals surface area contributed by atoms with E-state index in [-0.39, 0.29) is 35.4 Å². The molecule has 0 aromatic heterocycles. The Balaban J connectivity index is 1.59. The number of carbonyl (C=O) groups is 2. The molecule has 6 atom stereocenters. The van der Waals surface area contributed by atoms with Crippen LogP contribution in [0.5, 0.6) is 0 Å². The van der Waals surface area contributed by atoms with Crippen molar-refractivity contribution in [1.29, 1.82) is 0 Å². The average molecular weight is 459 g/mol. The smallest absolute Gasteiger partial charge is 0.331 e. The van der Waals surface area contributed by atoms with Crippen LogP contribution in [0.15, 0.2) is 60.3 Å². The van der Waals surface area contributed by atoms with Crippen molar-refractivity contribution in [3.63, 3.8) is 0 Å². The van der Waals surface area contributed by atoms with Gasteiger partial charge in [-0.05, 0) is 40.0 Å². The number of carboxylic acids is 1. The summed E-state index contributed by atoms with van der Waals surface area (Å²) in [6.45, 7) is 6.96. The molecule has 0 bridgehead atoms. The molecule has 3 fully saturated rings. The van der Waals surface area contributed by atoms with E-state index in [0.29, 0.717) is 13.0 Å². The predicted octanol–water partition coefficient (Wildman–Crippen LogP) is 3.92. The SMILES string of the molecule is COC1C(OC(=O)C=CC=CC=CC=CC(=O)O)CCC2(CO2)C1C1(C)O[C@@H]1CC=C(C)C. The quantitative estimate of drug-likeness (QED) is 0.174. The highest BCUT2D eigenvalue weighted by atomic mass is 16.6. The second-order valence-corrected chi connectivity index (χ2v) is 9.18. The fourth-order valence-corrected chi connectivity index (χ4v) is 4.79. The van der Waals surface area contributed by atoms with Crippen molar-refractivity contribution in [2.75, 3.05) is 13.7 Å². The zero-order valence-electron chi connectivity index (χ0n) is 19.7. The normalized spacial score (nSPS) is 35.6. The summed E-state index contributed by atoms with van der Waals surface area (Å²) in [6.07, 6.45) is 16.0. The minimum absolute atomic E-state index is 0.00928. The fraction of sp³-hybridized carbons (Fsp3) is 0.538. The first-order valence-electron chi connectivity index (χ1n) is 11.3. The third-order valence-corrected chi connectivity index (χ3v) is 6.53. The van der Waals surface area contributed by atoms with E-state index in [9.17, 15) is 9.59 Å². The molecule has 1 spiro atoms. The molecule has 0 aromatic rings. The van der Waals surface area contributed by atoms with Crippen LogP contribution in [-0.2, 0) is 28.5 Å². The van der Waals surface area contributed by atoms with Crippen molar-refractivity contribution in [2.24, 2.45) is 5.92 Å². The predicted molar refractivity (Wildman–Crippen MR) is 124 cm³/mol. The molecule has 180 valence electrons. The average Bonchev–Trinajstić information content (AvgIpc) is 3.67. The molecule has 0 radical (unpaired) electrons. The van der Waals surface area contributed by atoms with Gasteiger partial charge in [-0.3, -0.25) is 0 Å². The van der Waals surface area contributed by atoms with Gasteiger partial charge in [0.15, 0.2) is 0 Å². The number of carbonyl (C=O) groups excluding carboxylic acids is 1. The van der Waals surface area contributed by atoms with Crippen LogP contribution in [0.3, 0.4) is 0 Å². The standard InChI is InChI=1S/C26H34O7/c1-18(2)13-14-20-25(3,33-20)24-23(30-4)19(15-16-26(24)17-31-26)32-22(29)12-10-8-6-5-7-9-11-21(27)28/h5-13,19-20,23-24H,14-17H2,1-4H3,(H,27,28)/t19?,20-,23?,24?,25?,26?/m1/s1. The molecule has 0 aromatic carbocycles. The molecule has 1 aliphatic carbocycles. The summed E-state index contributed by atoms with van der Waals surface area (Å²) in [7, 11) is 1.65. The number of esters is 1. The Labute approximate surface area is 195 Å². The van der Waals surface area contributed by atoms with E-state index in [1.165, 1.54) is 17.7 Å². The van der Waals surface area contributed by atoms with E-state index >= 15 is 0 Å². The van der Waals surface area contributed by atoms with Gasteiger partial charge in [0.05, 0.1) is 18.6 Å². The fourth-order valence-electron chi connectivity index (χ4n) is 4.79. The third kappa shape index (κ3) is 6.31. The Hall–Kier alpha value is -2.48. The second kappa shape index (κ2) is 10.6. The van der Waals surface area contributed by atoms with Crippen LogP contribution in [0.25, 0.3) is 0 Å². The van der Waals surface area contributed by atoms with Gasteiger partial charge in [0.2, 0.25) is 0 Å². The Morgan fingerprint density at radius 3 is 2.30 bits per heavy atom. The van der Waals surface area contributed by atoms with Gasteiger partial charge in [0, 0.05) is 19.3 Å². The molecule has 3 aliphatic rings. The summed E-state index contributed by atoms with van der Waals surface area (Å²) < 4.78 is 23.8. The van der Waals surface area contributed by atoms with E-state index in [2.05, 4.69) is 26.8 Å². The summed E-state index contributed by atoms with van der Waals surface area (Å²) in [5.74, 6) is -1.45. The largest absolute Gasteiger partial charge is 0.478 e. The van der Waals surface area contributed by atoms with E-state index in [4.69, 9.17) is 24.1 Å². The van der Waals surface area contributed by atoms with Crippen molar-refractivity contribution in [3.8, 4) is 0 Å². The van der Waals surface area contributed by atoms with E-state index in [1.54, 1.807) is 37.5 Å². The molecule has 33 heavy (non-hydrogen) atoms. The number of epoxide rings is 2. The monoisotopic (exact) mass is 458 g/mol. The van der Waals surface area contributed by atoms with Crippen LogP contribution < -0.4 is 0 Å². The zero-order valence-corrected chi connectivity index (χ0v) is 19.7. The van der Waals surface area contributed by atoms with Gasteiger partial charge in [-0.25, -0.2) is 9.59 Å². The molecule has 1 N–H and O–H groups in total. The first-order valence-corrected chi connectivity index (χ1v) is 11.3. The molecule has 2 saturated heterocycles. The minimum Gasteiger partial charge on any atom is -0.478 e. The van der Waals surface area contributed by atoms with E-state index < -0.39 is 11.9 Å². The van der Waals surface area contributed by atoms with Crippen LogP contribution >= 0.6 is 0 Å². The molecule has 2 heterocycles. The van der Waals surface area contributed by atoms with Gasteiger partial charge in [-0.1, -0.05) is 48.1 Å². The number of carboxylic acid groups (broad SMARTS) is 1. The molecule has 5 unspecified atom stereocenters. The number of rotatable bonds is 10. The number of aliphatic carboxylic acids is 1. The highest BCUT2D eigenvalue weighted by molar-refractivity contribution is 5.82. The zero-order chi connectivity index (χ0) is 24.1. The van der Waals surface area contributed by atoms with Gasteiger partial charge in [-0.2, -0.15) is 0 Å². The van der Waals surface area contributed by atoms with Crippen molar-refractivity contribution in [3.05, 3.63) is 60.3 Å². The number of ether oxygens (including phenoxy) is 4. The van der Waals surface area contributed by atoms with Crippen molar-refractivity contribution < 1.29 is 33.6 Å². The first kappa shape index (κ1) is 25.1. The lowest BCUT2D eigenvalue weighted by atomic mass is 9.68. The van der Waals surface area contributed by atoms with Gasteiger partial charge < -0.3 is 24.1 Å². The molecule has 1 saturated carbocycles. The van der Waals surface area contributed by atoms with Gasteiger partial charge in [-0.15, -0.1) is 0 Å². The lowest BCUT2D eigenvalue weighted by molar-refractivity contribution is -0.166. The lowest BCUT2D eigenvalue weighted by Gasteiger charge is -2.42. The summed E-state index contributed by atoms with van der Waals surface area (Å²) >= 11 is 0. The summed E-state index contributed by atoms with van der Waals surface area (Å²) in [4.78, 5) is 22.8. The number of hydrogen-bond donors (Lipinski definition) is 1. The Kier molecular flexibility index (Phi) is 8.10.